The predicted molar refractivity (Wildman–Crippen MR) is 123 cm³/mol. The summed E-state index contributed by atoms with van der Waals surface area (Å²) in [6.07, 6.45) is 1.56. The number of nitrogens with zero attached hydrogens (tertiary/aromatic N) is 2. The molecule has 158 valence electrons. The average molecular weight is 408 g/mol. The van der Waals surface area contributed by atoms with Gasteiger partial charge in [-0.05, 0) is 50.2 Å². The van der Waals surface area contributed by atoms with Crippen LogP contribution in [0.15, 0.2) is 64.2 Å². The van der Waals surface area contributed by atoms with E-state index >= 15 is 0 Å². The summed E-state index contributed by atoms with van der Waals surface area (Å²) in [5, 5.41) is 12.7. The number of nitrogens with one attached hydrogen (secondary N) is 1. The van der Waals surface area contributed by atoms with E-state index < -0.39 is 10.9 Å². The van der Waals surface area contributed by atoms with E-state index in [-0.39, 0.29) is 11.8 Å². The van der Waals surface area contributed by atoms with Crippen LogP contribution >= 0.6 is 0 Å². The molecule has 0 bridgehead atoms. The molecule has 0 aliphatic rings. The number of phenols is 1. The van der Waals surface area contributed by atoms with Gasteiger partial charge in [0.2, 0.25) is 0 Å². The molecule has 0 heterocycles. The number of likely N-dealkylation sites (N-methyl/N-ethyl adjacent to an activating group) is 2. The Morgan fingerprint density at radius 3 is 2.20 bits per heavy atom. The van der Waals surface area contributed by atoms with E-state index in [0.717, 1.165) is 18.4 Å². The van der Waals surface area contributed by atoms with E-state index in [0.29, 0.717) is 24.5 Å². The Hall–Kier alpha value is -3.12. The molecule has 0 saturated heterocycles. The maximum absolute atomic E-state index is 12.2. The first-order chi connectivity index (χ1) is 14.4. The van der Waals surface area contributed by atoms with Crippen LogP contribution in [0, 0.1) is 0 Å². The fourth-order valence-electron chi connectivity index (χ4n) is 3.52. The zero-order valence-corrected chi connectivity index (χ0v) is 17.8. The number of hydrogen-bond donors (Lipinski definition) is 2. The second-order valence-corrected chi connectivity index (χ2v) is 7.91. The van der Waals surface area contributed by atoms with Crippen molar-refractivity contribution in [3.8, 4) is 5.75 Å². The zero-order chi connectivity index (χ0) is 21.7. The lowest BCUT2D eigenvalue weighted by Crippen LogP contribution is -2.44. The molecule has 0 aliphatic heterocycles. The maximum atomic E-state index is 12.2. The van der Waals surface area contributed by atoms with Crippen LogP contribution in [0.3, 0.4) is 0 Å². The fraction of sp³-hybridized carbons (Fsp3) is 0.333. The van der Waals surface area contributed by atoms with Gasteiger partial charge in [0.1, 0.15) is 17.1 Å². The normalized spacial score (nSPS) is 12.3. The molecular weight excluding hydrogens is 378 g/mol. The van der Waals surface area contributed by atoms with Crippen molar-refractivity contribution in [3.63, 3.8) is 0 Å². The van der Waals surface area contributed by atoms with E-state index in [1.54, 1.807) is 12.1 Å². The molecule has 30 heavy (non-hydrogen) atoms. The highest BCUT2D eigenvalue weighted by Crippen LogP contribution is 2.20. The molecule has 2 N–H and O–H groups in total. The number of aromatic hydroxyl groups is 1. The van der Waals surface area contributed by atoms with Crippen LogP contribution in [0.5, 0.6) is 5.75 Å². The van der Waals surface area contributed by atoms with Gasteiger partial charge in [-0.15, -0.1) is 0 Å². The Bertz CT molecular complexity index is 1020. The molecule has 1 atom stereocenters. The average Bonchev–Trinajstić information content (AvgIpc) is 2.75. The SMILES string of the molecule is CN(CCc1ccccc1)c1c(NC[C@@H](Cc2ccc(O)cc2)N(C)C)c(=O)c1=O. The molecule has 0 fully saturated rings. The minimum Gasteiger partial charge on any atom is -0.508 e. The molecule has 3 aromatic rings. The number of benzene rings is 2. The first-order valence-electron chi connectivity index (χ1n) is 10.1. The van der Waals surface area contributed by atoms with E-state index in [4.69, 9.17) is 0 Å². The van der Waals surface area contributed by atoms with Gasteiger partial charge in [0.15, 0.2) is 0 Å². The molecule has 3 rings (SSSR count). The molecule has 6 nitrogen and oxygen atoms in total. The quantitative estimate of drug-likeness (QED) is 0.502. The molecule has 3 aromatic carbocycles. The standard InChI is InChI=1S/C24H29N3O3/c1-26(2)19(15-18-9-11-20(28)12-10-18)16-25-21-22(24(30)23(21)29)27(3)14-13-17-7-5-4-6-8-17/h4-12,19,25,28H,13-16H2,1-3H3/t19-/m1/s1. The van der Waals surface area contributed by atoms with Crippen molar-refractivity contribution in [1.82, 2.24) is 4.90 Å². The smallest absolute Gasteiger partial charge is 0.253 e. The van der Waals surface area contributed by atoms with Crippen LogP contribution in [-0.4, -0.2) is 50.3 Å². The van der Waals surface area contributed by atoms with Crippen molar-refractivity contribution >= 4 is 11.4 Å². The Kier molecular flexibility index (Phi) is 6.90. The fourth-order valence-corrected chi connectivity index (χ4v) is 3.52. The van der Waals surface area contributed by atoms with Gasteiger partial charge in [-0.25, -0.2) is 0 Å². The first kappa shape index (κ1) is 21.6. The minimum atomic E-state index is -0.446. The summed E-state index contributed by atoms with van der Waals surface area (Å²) in [5.41, 5.74) is 2.30. The summed E-state index contributed by atoms with van der Waals surface area (Å²) in [5.74, 6) is 0.241. The number of rotatable bonds is 10. The van der Waals surface area contributed by atoms with Crippen LogP contribution in [0.25, 0.3) is 0 Å². The number of anilines is 2. The number of hydrogen-bond acceptors (Lipinski definition) is 6. The monoisotopic (exact) mass is 407 g/mol. The molecule has 0 aromatic heterocycles. The van der Waals surface area contributed by atoms with Gasteiger partial charge in [0, 0.05) is 26.2 Å². The van der Waals surface area contributed by atoms with Crippen LogP contribution in [0.1, 0.15) is 11.1 Å². The summed E-state index contributed by atoms with van der Waals surface area (Å²) in [6.45, 7) is 1.20. The molecule has 0 radical (unpaired) electrons. The van der Waals surface area contributed by atoms with E-state index in [2.05, 4.69) is 22.3 Å². The molecule has 6 heteroatoms. The Balaban J connectivity index is 1.64. The number of phenolic OH excluding ortho intramolecular Hbond substituents is 1. The molecule has 0 unspecified atom stereocenters. The second kappa shape index (κ2) is 9.59. The molecule has 0 saturated carbocycles. The third kappa shape index (κ3) is 5.07. The van der Waals surface area contributed by atoms with Crippen molar-refractivity contribution in [1.29, 1.82) is 0 Å². The minimum absolute atomic E-state index is 0.126. The third-order valence-corrected chi connectivity index (χ3v) is 5.50. The maximum Gasteiger partial charge on any atom is 0.253 e. The van der Waals surface area contributed by atoms with Crippen molar-refractivity contribution in [2.75, 3.05) is 44.4 Å². The summed E-state index contributed by atoms with van der Waals surface area (Å²) in [4.78, 5) is 28.3. The first-order valence-corrected chi connectivity index (χ1v) is 10.1. The van der Waals surface area contributed by atoms with E-state index in [1.165, 1.54) is 5.56 Å². The van der Waals surface area contributed by atoms with E-state index in [9.17, 15) is 14.7 Å². The van der Waals surface area contributed by atoms with Crippen LogP contribution in [-0.2, 0) is 12.8 Å². The highest BCUT2D eigenvalue weighted by Gasteiger charge is 2.25. The van der Waals surface area contributed by atoms with Gasteiger partial charge in [-0.3, -0.25) is 9.59 Å². The molecule has 0 amide bonds. The Morgan fingerprint density at radius 2 is 1.57 bits per heavy atom. The summed E-state index contributed by atoms with van der Waals surface area (Å²) in [7, 11) is 5.83. The Morgan fingerprint density at radius 1 is 0.900 bits per heavy atom. The third-order valence-electron chi connectivity index (χ3n) is 5.50. The molecular formula is C24H29N3O3. The van der Waals surface area contributed by atoms with Gasteiger partial charge in [0.25, 0.3) is 10.9 Å². The van der Waals surface area contributed by atoms with Gasteiger partial charge in [-0.1, -0.05) is 42.5 Å². The second-order valence-electron chi connectivity index (χ2n) is 7.91. The predicted octanol–water partition coefficient (Wildman–Crippen LogP) is 2.25. The lowest BCUT2D eigenvalue weighted by molar-refractivity contribution is 0.303. The van der Waals surface area contributed by atoms with Crippen LogP contribution < -0.4 is 21.1 Å². The molecule has 0 spiro atoms. The Labute approximate surface area is 177 Å². The highest BCUT2D eigenvalue weighted by atomic mass is 16.3. The van der Waals surface area contributed by atoms with Gasteiger partial charge in [0.05, 0.1) is 0 Å². The van der Waals surface area contributed by atoms with E-state index in [1.807, 2.05) is 56.4 Å². The summed E-state index contributed by atoms with van der Waals surface area (Å²) >= 11 is 0. The van der Waals surface area contributed by atoms with Gasteiger partial charge < -0.3 is 20.2 Å². The largest absolute Gasteiger partial charge is 0.508 e. The van der Waals surface area contributed by atoms with Crippen molar-refractivity contribution in [3.05, 3.63) is 86.2 Å². The summed E-state index contributed by atoms with van der Waals surface area (Å²) in [6, 6.07) is 17.3. The van der Waals surface area contributed by atoms with Gasteiger partial charge in [-0.2, -0.15) is 0 Å². The van der Waals surface area contributed by atoms with Crippen LogP contribution in [0.2, 0.25) is 0 Å². The lowest BCUT2D eigenvalue weighted by Gasteiger charge is -2.28. The summed E-state index contributed by atoms with van der Waals surface area (Å²) < 4.78 is 0. The van der Waals surface area contributed by atoms with Crippen molar-refractivity contribution in [2.24, 2.45) is 0 Å². The van der Waals surface area contributed by atoms with Crippen molar-refractivity contribution < 1.29 is 5.11 Å². The van der Waals surface area contributed by atoms with Gasteiger partial charge >= 0.3 is 0 Å². The van der Waals surface area contributed by atoms with Crippen molar-refractivity contribution in [2.45, 2.75) is 18.9 Å². The lowest BCUT2D eigenvalue weighted by atomic mass is 10.0. The molecule has 0 aliphatic carbocycles. The highest BCUT2D eigenvalue weighted by molar-refractivity contribution is 5.75. The topological polar surface area (TPSA) is 72.9 Å². The zero-order valence-electron chi connectivity index (χ0n) is 17.8. The van der Waals surface area contributed by atoms with Crippen LogP contribution in [0.4, 0.5) is 11.4 Å².